The van der Waals surface area contributed by atoms with Crippen LogP contribution in [-0.4, -0.2) is 35.3 Å². The zero-order valence-corrected chi connectivity index (χ0v) is 13.9. The highest BCUT2D eigenvalue weighted by Gasteiger charge is 2.08. The van der Waals surface area contributed by atoms with Crippen LogP contribution in [0.2, 0.25) is 0 Å². The average Bonchev–Trinajstić information content (AvgIpc) is 2.92. The number of nitrogens with one attached hydrogen (secondary N) is 1. The van der Waals surface area contributed by atoms with Crippen LogP contribution in [0.4, 0.5) is 5.69 Å². The molecule has 0 saturated carbocycles. The van der Waals surface area contributed by atoms with Gasteiger partial charge in [0.1, 0.15) is 4.47 Å². The van der Waals surface area contributed by atoms with E-state index in [1.54, 1.807) is 17.5 Å². The fourth-order valence-electron chi connectivity index (χ4n) is 1.63. The molecule has 20 heavy (non-hydrogen) atoms. The van der Waals surface area contributed by atoms with Crippen LogP contribution in [0.5, 0.6) is 0 Å². The lowest BCUT2D eigenvalue weighted by Gasteiger charge is -2.12. The highest BCUT2D eigenvalue weighted by atomic mass is 79.9. The molecule has 2 aromatic rings. The van der Waals surface area contributed by atoms with Crippen LogP contribution in [0.1, 0.15) is 5.56 Å². The average molecular weight is 357 g/mol. The van der Waals surface area contributed by atoms with Crippen LogP contribution in [-0.2, 0) is 13.1 Å². The summed E-state index contributed by atoms with van der Waals surface area (Å²) in [6, 6.07) is 2.05. The summed E-state index contributed by atoms with van der Waals surface area (Å²) in [5, 5.41) is 11.5. The van der Waals surface area contributed by atoms with Crippen molar-refractivity contribution in [3.05, 3.63) is 43.4 Å². The normalized spacial score (nSPS) is 11.0. The van der Waals surface area contributed by atoms with Crippen LogP contribution in [0.25, 0.3) is 0 Å². The van der Waals surface area contributed by atoms with Gasteiger partial charge in [0.2, 0.25) is 0 Å². The van der Waals surface area contributed by atoms with Gasteiger partial charge in [0, 0.05) is 13.1 Å². The van der Waals surface area contributed by atoms with Crippen molar-refractivity contribution in [1.29, 1.82) is 0 Å². The first kappa shape index (κ1) is 15.2. The summed E-state index contributed by atoms with van der Waals surface area (Å²) < 4.78 is 2.00. The van der Waals surface area contributed by atoms with Crippen LogP contribution in [0.3, 0.4) is 0 Å². The summed E-state index contributed by atoms with van der Waals surface area (Å²) in [6.07, 6.45) is 1.69. The lowest BCUT2D eigenvalue weighted by atomic mass is 10.3. The zero-order valence-electron chi connectivity index (χ0n) is 11.5. The van der Waals surface area contributed by atoms with Crippen molar-refractivity contribution in [3.8, 4) is 0 Å². The predicted molar refractivity (Wildman–Crippen MR) is 86.4 cm³/mol. The maximum absolute atomic E-state index is 12.2. The Hall–Kier alpha value is -1.18. The first-order valence-electron chi connectivity index (χ1n) is 6.23. The highest BCUT2D eigenvalue weighted by Crippen LogP contribution is 2.17. The molecule has 0 aliphatic heterocycles. The summed E-state index contributed by atoms with van der Waals surface area (Å²) in [5.74, 6) is 0. The topological polar surface area (TPSA) is 50.2 Å². The van der Waals surface area contributed by atoms with Gasteiger partial charge in [-0.3, -0.25) is 4.79 Å². The third kappa shape index (κ3) is 3.91. The molecule has 108 valence electrons. The van der Waals surface area contributed by atoms with Crippen molar-refractivity contribution < 1.29 is 0 Å². The number of anilines is 1. The molecule has 1 N–H and O–H groups in total. The van der Waals surface area contributed by atoms with E-state index in [9.17, 15) is 4.79 Å². The van der Waals surface area contributed by atoms with Gasteiger partial charge in [0.15, 0.2) is 0 Å². The van der Waals surface area contributed by atoms with E-state index in [1.807, 2.05) is 24.4 Å². The fraction of sp³-hybridized carbons (Fsp3) is 0.385. The number of thiophene rings is 1. The van der Waals surface area contributed by atoms with Crippen LogP contribution in [0, 0.1) is 0 Å². The van der Waals surface area contributed by atoms with Crippen molar-refractivity contribution >= 4 is 33.0 Å². The molecule has 0 fully saturated rings. The number of rotatable bonds is 6. The Balaban J connectivity index is 2.08. The molecule has 2 aromatic heterocycles. The Kier molecular flexibility index (Phi) is 5.33. The van der Waals surface area contributed by atoms with E-state index in [1.165, 1.54) is 10.2 Å². The van der Waals surface area contributed by atoms with Gasteiger partial charge in [-0.05, 0) is 52.4 Å². The van der Waals surface area contributed by atoms with Crippen LogP contribution in [0.15, 0.2) is 32.3 Å². The summed E-state index contributed by atoms with van der Waals surface area (Å²) in [7, 11) is 3.94. The first-order chi connectivity index (χ1) is 9.58. The van der Waals surface area contributed by atoms with Crippen molar-refractivity contribution in [2.75, 3.05) is 26.0 Å². The minimum absolute atomic E-state index is 0.109. The molecular weight excluding hydrogens is 340 g/mol. The van der Waals surface area contributed by atoms with Gasteiger partial charge in [0.25, 0.3) is 5.56 Å². The maximum Gasteiger partial charge on any atom is 0.283 e. The van der Waals surface area contributed by atoms with E-state index in [2.05, 4.69) is 37.8 Å². The molecule has 5 nitrogen and oxygen atoms in total. The SMILES string of the molecule is CN(C)CCn1ncc(NCc2ccsc2)c(Br)c1=O. The largest absolute Gasteiger partial charge is 0.379 e. The summed E-state index contributed by atoms with van der Waals surface area (Å²) in [4.78, 5) is 14.2. The van der Waals surface area contributed by atoms with Crippen molar-refractivity contribution in [3.63, 3.8) is 0 Å². The molecule has 0 radical (unpaired) electrons. The van der Waals surface area contributed by atoms with E-state index >= 15 is 0 Å². The van der Waals surface area contributed by atoms with E-state index in [-0.39, 0.29) is 5.56 Å². The minimum Gasteiger partial charge on any atom is -0.379 e. The minimum atomic E-state index is -0.109. The van der Waals surface area contributed by atoms with Gasteiger partial charge in [0.05, 0.1) is 18.4 Å². The molecule has 0 aliphatic rings. The monoisotopic (exact) mass is 356 g/mol. The molecule has 0 unspecified atom stereocenters. The number of likely N-dealkylation sites (N-methyl/N-ethyl adjacent to an activating group) is 1. The third-order valence-corrected chi connectivity index (χ3v) is 4.31. The molecular formula is C13H17BrN4OS. The van der Waals surface area contributed by atoms with Crippen LogP contribution < -0.4 is 10.9 Å². The molecule has 0 aliphatic carbocycles. The van der Waals surface area contributed by atoms with E-state index in [0.717, 1.165) is 12.2 Å². The summed E-state index contributed by atoms with van der Waals surface area (Å²) >= 11 is 5.01. The smallest absolute Gasteiger partial charge is 0.283 e. The zero-order chi connectivity index (χ0) is 14.5. The van der Waals surface area contributed by atoms with E-state index < -0.39 is 0 Å². The van der Waals surface area contributed by atoms with Gasteiger partial charge in [-0.15, -0.1) is 0 Å². The molecule has 0 amide bonds. The van der Waals surface area contributed by atoms with Crippen molar-refractivity contribution in [1.82, 2.24) is 14.7 Å². The number of halogens is 1. The summed E-state index contributed by atoms with van der Waals surface area (Å²) in [6.45, 7) is 2.04. The maximum atomic E-state index is 12.2. The first-order valence-corrected chi connectivity index (χ1v) is 7.97. The lowest BCUT2D eigenvalue weighted by molar-refractivity contribution is 0.367. The Labute approximate surface area is 130 Å². The van der Waals surface area contributed by atoms with Gasteiger partial charge in [-0.1, -0.05) is 0 Å². The van der Waals surface area contributed by atoms with Gasteiger partial charge in [-0.25, -0.2) is 4.68 Å². The Bertz CT molecular complexity index is 609. The second-order valence-corrected chi connectivity index (χ2v) is 6.26. The standard InChI is InChI=1S/C13H17BrN4OS/c1-17(2)4-5-18-13(19)12(14)11(8-16-18)15-7-10-3-6-20-9-10/h3,6,8-9,15H,4-5,7H2,1-2H3. The quantitative estimate of drug-likeness (QED) is 0.862. The van der Waals surface area contributed by atoms with Crippen molar-refractivity contribution in [2.24, 2.45) is 0 Å². The van der Waals surface area contributed by atoms with Gasteiger partial charge >= 0.3 is 0 Å². The van der Waals surface area contributed by atoms with E-state index in [4.69, 9.17) is 0 Å². The Morgan fingerprint density at radius 1 is 1.50 bits per heavy atom. The number of hydrogen-bond donors (Lipinski definition) is 1. The van der Waals surface area contributed by atoms with Gasteiger partial charge < -0.3 is 10.2 Å². The lowest BCUT2D eigenvalue weighted by Crippen LogP contribution is -2.29. The molecule has 0 atom stereocenters. The predicted octanol–water partition coefficient (Wildman–Crippen LogP) is 2.24. The van der Waals surface area contributed by atoms with Crippen molar-refractivity contribution in [2.45, 2.75) is 13.1 Å². The molecule has 7 heteroatoms. The molecule has 0 saturated heterocycles. The molecule has 0 aromatic carbocycles. The molecule has 2 rings (SSSR count). The van der Waals surface area contributed by atoms with E-state index in [0.29, 0.717) is 17.6 Å². The Morgan fingerprint density at radius 2 is 2.30 bits per heavy atom. The molecule has 0 spiro atoms. The molecule has 2 heterocycles. The van der Waals surface area contributed by atoms with Gasteiger partial charge in [-0.2, -0.15) is 16.4 Å². The second kappa shape index (κ2) is 7.01. The highest BCUT2D eigenvalue weighted by molar-refractivity contribution is 9.10. The van der Waals surface area contributed by atoms with Crippen LogP contribution >= 0.6 is 27.3 Å². The molecule has 0 bridgehead atoms. The third-order valence-electron chi connectivity index (χ3n) is 2.81. The summed E-state index contributed by atoms with van der Waals surface area (Å²) in [5.41, 5.74) is 1.81. The second-order valence-electron chi connectivity index (χ2n) is 4.69. The number of aromatic nitrogens is 2. The number of nitrogens with zero attached hydrogens (tertiary/aromatic N) is 3. The number of hydrogen-bond acceptors (Lipinski definition) is 5. The Morgan fingerprint density at radius 3 is 2.95 bits per heavy atom. The fourth-order valence-corrected chi connectivity index (χ4v) is 2.75.